The fourth-order valence-electron chi connectivity index (χ4n) is 1.59. The summed E-state index contributed by atoms with van der Waals surface area (Å²) in [6.45, 7) is 0. The van der Waals surface area contributed by atoms with E-state index in [2.05, 4.69) is 20.9 Å². The molecule has 94 valence electrons. The van der Waals surface area contributed by atoms with Gasteiger partial charge < -0.3 is 9.64 Å². The van der Waals surface area contributed by atoms with Crippen LogP contribution in [-0.4, -0.2) is 36.2 Å². The van der Waals surface area contributed by atoms with Gasteiger partial charge in [-0.2, -0.15) is 0 Å². The first-order valence-electron chi connectivity index (χ1n) is 5.46. The van der Waals surface area contributed by atoms with E-state index in [-0.39, 0.29) is 0 Å². The number of esters is 1. The molecular weight excluding hydrogens is 296 g/mol. The fraction of sp³-hybridized carbons (Fsp3) is 0.231. The van der Waals surface area contributed by atoms with Gasteiger partial charge in [0.05, 0.1) is 5.70 Å². The number of nitrogens with zero attached hydrogens (tertiary/aromatic N) is 2. The minimum Gasteiger partial charge on any atom is -0.402 e. The molecule has 4 nitrogen and oxygen atoms in total. The summed E-state index contributed by atoms with van der Waals surface area (Å²) < 4.78 is 5.20. The highest BCUT2D eigenvalue weighted by atomic mass is 79.9. The average molecular weight is 309 g/mol. The van der Waals surface area contributed by atoms with E-state index in [1.54, 1.807) is 0 Å². The second kappa shape index (κ2) is 5.35. The summed E-state index contributed by atoms with van der Waals surface area (Å²) in [5.74, 6) is -0.0482. The van der Waals surface area contributed by atoms with E-state index >= 15 is 0 Å². The van der Waals surface area contributed by atoms with Crippen molar-refractivity contribution in [2.75, 3.05) is 19.4 Å². The second-order valence-electron chi connectivity index (χ2n) is 4.00. The number of aliphatic imine (C=N–C) groups is 1. The van der Waals surface area contributed by atoms with Crippen LogP contribution < -0.4 is 0 Å². The maximum Gasteiger partial charge on any atom is 0.365 e. The Bertz CT molecular complexity index is 521. The molecule has 0 spiro atoms. The Morgan fingerprint density at radius 2 is 2.00 bits per heavy atom. The lowest BCUT2D eigenvalue weighted by atomic mass is 10.2. The van der Waals surface area contributed by atoms with Gasteiger partial charge in [-0.3, -0.25) is 0 Å². The average Bonchev–Trinajstić information content (AvgIpc) is 2.73. The number of cyclic esters (lactones) is 1. The van der Waals surface area contributed by atoms with Gasteiger partial charge in [0.1, 0.15) is 0 Å². The first kappa shape index (κ1) is 12.8. The van der Waals surface area contributed by atoms with Crippen LogP contribution >= 0.6 is 15.9 Å². The zero-order chi connectivity index (χ0) is 13.1. The Labute approximate surface area is 114 Å². The van der Waals surface area contributed by atoms with Gasteiger partial charge in [0.2, 0.25) is 5.90 Å². The lowest BCUT2D eigenvalue weighted by Gasteiger charge is -2.14. The summed E-state index contributed by atoms with van der Waals surface area (Å²) in [6.07, 6.45) is 0. The molecule has 1 heterocycles. The molecule has 0 fully saturated rings. The highest BCUT2D eigenvalue weighted by Gasteiger charge is 2.27. The molecule has 1 aliphatic heterocycles. The Kier molecular flexibility index (Phi) is 3.81. The van der Waals surface area contributed by atoms with Crippen molar-refractivity contribution < 1.29 is 9.53 Å². The van der Waals surface area contributed by atoms with Crippen molar-refractivity contribution >= 4 is 27.8 Å². The molecule has 0 bridgehead atoms. The molecule has 0 aromatic heterocycles. The van der Waals surface area contributed by atoms with Crippen molar-refractivity contribution in [1.29, 1.82) is 0 Å². The largest absolute Gasteiger partial charge is 0.402 e. The van der Waals surface area contributed by atoms with E-state index in [1.165, 1.54) is 0 Å². The Balaban J connectivity index is 2.42. The fourth-order valence-corrected chi connectivity index (χ4v) is 2.35. The smallest absolute Gasteiger partial charge is 0.365 e. The van der Waals surface area contributed by atoms with E-state index < -0.39 is 5.97 Å². The van der Waals surface area contributed by atoms with Gasteiger partial charge in [0, 0.05) is 25.0 Å². The van der Waals surface area contributed by atoms with Crippen LogP contribution in [0.15, 0.2) is 46.7 Å². The summed E-state index contributed by atoms with van der Waals surface area (Å²) in [6, 6.07) is 9.38. The summed E-state index contributed by atoms with van der Waals surface area (Å²) in [5.41, 5.74) is 1.95. The van der Waals surface area contributed by atoms with Gasteiger partial charge >= 0.3 is 5.97 Å². The van der Waals surface area contributed by atoms with E-state index in [1.807, 2.05) is 49.3 Å². The van der Waals surface area contributed by atoms with Gasteiger partial charge in [-0.1, -0.05) is 34.1 Å². The second-order valence-corrected chi connectivity index (χ2v) is 4.56. The maximum absolute atomic E-state index is 11.8. The maximum atomic E-state index is 11.8. The molecule has 18 heavy (non-hydrogen) atoms. The van der Waals surface area contributed by atoms with Crippen molar-refractivity contribution in [1.82, 2.24) is 4.90 Å². The number of halogens is 1. The van der Waals surface area contributed by atoms with Gasteiger partial charge in [0.25, 0.3) is 0 Å². The number of carbonyl (C=O) groups is 1. The van der Waals surface area contributed by atoms with Crippen LogP contribution in [0.2, 0.25) is 0 Å². The first-order chi connectivity index (χ1) is 8.63. The number of rotatable bonds is 3. The van der Waals surface area contributed by atoms with Crippen molar-refractivity contribution in [2.45, 2.75) is 0 Å². The van der Waals surface area contributed by atoms with Gasteiger partial charge in [0.15, 0.2) is 5.70 Å². The molecule has 0 amide bonds. The number of hydrogen-bond donors (Lipinski definition) is 0. The van der Waals surface area contributed by atoms with Crippen LogP contribution in [0.1, 0.15) is 5.56 Å². The highest BCUT2D eigenvalue weighted by Crippen LogP contribution is 2.21. The normalized spacial score (nSPS) is 17.3. The molecule has 0 radical (unpaired) electrons. The molecule has 0 saturated heterocycles. The predicted molar refractivity (Wildman–Crippen MR) is 73.6 cm³/mol. The number of alkyl halides is 1. The molecule has 0 aliphatic carbocycles. The van der Waals surface area contributed by atoms with Gasteiger partial charge in [-0.05, 0) is 12.1 Å². The predicted octanol–water partition coefficient (Wildman–Crippen LogP) is 2.16. The van der Waals surface area contributed by atoms with E-state index in [0.29, 0.717) is 16.9 Å². The zero-order valence-electron chi connectivity index (χ0n) is 10.2. The van der Waals surface area contributed by atoms with E-state index in [0.717, 1.165) is 11.3 Å². The monoisotopic (exact) mass is 308 g/mol. The quantitative estimate of drug-likeness (QED) is 0.488. The van der Waals surface area contributed by atoms with E-state index in [9.17, 15) is 4.79 Å². The Morgan fingerprint density at radius 1 is 1.33 bits per heavy atom. The molecule has 1 aromatic carbocycles. The number of carbonyl (C=O) groups excluding carboxylic acids is 1. The van der Waals surface area contributed by atoms with Crippen molar-refractivity contribution in [3.05, 3.63) is 47.3 Å². The third kappa shape index (κ3) is 2.46. The van der Waals surface area contributed by atoms with Crippen molar-refractivity contribution in [2.24, 2.45) is 4.99 Å². The molecular formula is C13H13BrN2O2. The Morgan fingerprint density at radius 3 is 2.56 bits per heavy atom. The number of ether oxygens (including phenoxy) is 1. The SMILES string of the molecule is CN(C)C(CBr)=C1N=C(c2ccccc2)OC1=O. The highest BCUT2D eigenvalue weighted by molar-refractivity contribution is 9.09. The van der Waals surface area contributed by atoms with Crippen molar-refractivity contribution in [3.8, 4) is 0 Å². The van der Waals surface area contributed by atoms with Crippen molar-refractivity contribution in [3.63, 3.8) is 0 Å². The van der Waals surface area contributed by atoms with Crippen LogP contribution in [0, 0.1) is 0 Å². The van der Waals surface area contributed by atoms with Crippen LogP contribution in [0.4, 0.5) is 0 Å². The summed E-state index contributed by atoms with van der Waals surface area (Å²) in [5, 5.41) is 0.552. The summed E-state index contributed by atoms with van der Waals surface area (Å²) in [7, 11) is 3.74. The molecule has 1 aliphatic rings. The van der Waals surface area contributed by atoms with Crippen LogP contribution in [0.3, 0.4) is 0 Å². The number of allylic oxidation sites excluding steroid dienone is 1. The molecule has 0 N–H and O–H groups in total. The lowest BCUT2D eigenvalue weighted by Crippen LogP contribution is -2.16. The lowest BCUT2D eigenvalue weighted by molar-refractivity contribution is -0.130. The van der Waals surface area contributed by atoms with E-state index in [4.69, 9.17) is 4.74 Å². The van der Waals surface area contributed by atoms with Crippen LogP contribution in [0.5, 0.6) is 0 Å². The minimum absolute atomic E-state index is 0.357. The molecule has 0 atom stereocenters. The van der Waals surface area contributed by atoms with Gasteiger partial charge in [-0.15, -0.1) is 0 Å². The Hall–Kier alpha value is -1.62. The van der Waals surface area contributed by atoms with Crippen LogP contribution in [-0.2, 0) is 9.53 Å². The standard InChI is InChI=1S/C13H13BrN2O2/c1-16(2)10(8-14)11-13(17)18-12(15-11)9-6-4-3-5-7-9/h3-7H,8H2,1-2H3. The van der Waals surface area contributed by atoms with Gasteiger partial charge in [-0.25, -0.2) is 9.79 Å². The molecule has 1 aromatic rings. The minimum atomic E-state index is -0.406. The van der Waals surface area contributed by atoms with Crippen LogP contribution in [0.25, 0.3) is 0 Å². The molecule has 2 rings (SSSR count). The zero-order valence-corrected chi connectivity index (χ0v) is 11.8. The third-order valence-electron chi connectivity index (χ3n) is 2.56. The summed E-state index contributed by atoms with van der Waals surface area (Å²) in [4.78, 5) is 18.0. The third-order valence-corrected chi connectivity index (χ3v) is 3.09. The topological polar surface area (TPSA) is 41.9 Å². The molecule has 0 saturated carbocycles. The first-order valence-corrected chi connectivity index (χ1v) is 6.58. The number of benzene rings is 1. The summed E-state index contributed by atoms with van der Waals surface area (Å²) >= 11 is 3.35. The molecule has 5 heteroatoms. The molecule has 0 unspecified atom stereocenters. The number of hydrogen-bond acceptors (Lipinski definition) is 4.